The Morgan fingerprint density at radius 1 is 1.40 bits per heavy atom. The van der Waals surface area contributed by atoms with Crippen LogP contribution in [0.5, 0.6) is 0 Å². The first-order valence-corrected chi connectivity index (χ1v) is 5.40. The van der Waals surface area contributed by atoms with Gasteiger partial charge in [0.1, 0.15) is 5.71 Å². The predicted octanol–water partition coefficient (Wildman–Crippen LogP) is 0.203. The molecule has 1 heterocycles. The van der Waals surface area contributed by atoms with Gasteiger partial charge in [0.25, 0.3) is 5.91 Å². The Morgan fingerprint density at radius 2 is 2.13 bits per heavy atom. The van der Waals surface area contributed by atoms with Gasteiger partial charge < -0.3 is 11.1 Å². The summed E-state index contributed by atoms with van der Waals surface area (Å²) in [5.41, 5.74) is 6.31. The maximum absolute atomic E-state index is 11.6. The SMILES string of the molecule is NC1CCC(NC(=O)C2=NN=CC2)CC1. The van der Waals surface area contributed by atoms with Crippen LogP contribution in [0.3, 0.4) is 0 Å². The van der Waals surface area contributed by atoms with E-state index >= 15 is 0 Å². The first-order valence-electron chi connectivity index (χ1n) is 5.40. The molecular formula is C10H16N4O. The number of carbonyl (C=O) groups is 1. The number of hydrogen-bond acceptors (Lipinski definition) is 4. The van der Waals surface area contributed by atoms with Crippen LogP contribution in [0, 0.1) is 0 Å². The monoisotopic (exact) mass is 208 g/mol. The molecule has 15 heavy (non-hydrogen) atoms. The molecule has 1 amide bonds. The first kappa shape index (κ1) is 10.3. The second kappa shape index (κ2) is 4.53. The molecular weight excluding hydrogens is 192 g/mol. The lowest BCUT2D eigenvalue weighted by molar-refractivity contribution is -0.115. The highest BCUT2D eigenvalue weighted by Crippen LogP contribution is 2.16. The summed E-state index contributed by atoms with van der Waals surface area (Å²) in [7, 11) is 0. The van der Waals surface area contributed by atoms with Gasteiger partial charge in [0.05, 0.1) is 0 Å². The fraction of sp³-hybridized carbons (Fsp3) is 0.700. The number of nitrogens with two attached hydrogens (primary N) is 1. The molecule has 0 aromatic heterocycles. The van der Waals surface area contributed by atoms with Gasteiger partial charge in [-0.05, 0) is 25.7 Å². The normalized spacial score (nSPS) is 30.1. The average Bonchev–Trinajstić information content (AvgIpc) is 2.74. The van der Waals surface area contributed by atoms with Crippen LogP contribution in [0.1, 0.15) is 32.1 Å². The molecule has 5 nitrogen and oxygen atoms in total. The maximum Gasteiger partial charge on any atom is 0.268 e. The van der Waals surface area contributed by atoms with Crippen molar-refractivity contribution in [3.8, 4) is 0 Å². The van der Waals surface area contributed by atoms with Gasteiger partial charge in [-0.2, -0.15) is 5.10 Å². The first-order chi connectivity index (χ1) is 7.25. The predicted molar refractivity (Wildman–Crippen MR) is 58.9 cm³/mol. The van der Waals surface area contributed by atoms with Crippen molar-refractivity contribution < 1.29 is 4.79 Å². The number of nitrogens with zero attached hydrogens (tertiary/aromatic N) is 2. The van der Waals surface area contributed by atoms with E-state index in [1.807, 2.05) is 0 Å². The van der Waals surface area contributed by atoms with Crippen LogP contribution in [0.15, 0.2) is 10.2 Å². The van der Waals surface area contributed by atoms with Gasteiger partial charge in [0.15, 0.2) is 0 Å². The van der Waals surface area contributed by atoms with Crippen molar-refractivity contribution in [1.29, 1.82) is 0 Å². The third-order valence-corrected chi connectivity index (χ3v) is 2.91. The fourth-order valence-electron chi connectivity index (χ4n) is 1.95. The molecule has 1 aliphatic heterocycles. The topological polar surface area (TPSA) is 79.8 Å². The second-order valence-corrected chi connectivity index (χ2v) is 4.13. The quantitative estimate of drug-likeness (QED) is 0.680. The van der Waals surface area contributed by atoms with Gasteiger partial charge in [0.2, 0.25) is 0 Å². The minimum absolute atomic E-state index is 0.0760. The van der Waals surface area contributed by atoms with Gasteiger partial charge in [-0.15, -0.1) is 5.10 Å². The number of amides is 1. The van der Waals surface area contributed by atoms with Crippen molar-refractivity contribution >= 4 is 17.8 Å². The minimum Gasteiger partial charge on any atom is -0.348 e. The molecule has 2 rings (SSSR count). The van der Waals surface area contributed by atoms with E-state index in [0.717, 1.165) is 25.7 Å². The smallest absolute Gasteiger partial charge is 0.268 e. The zero-order valence-electron chi connectivity index (χ0n) is 8.65. The molecule has 0 saturated heterocycles. The second-order valence-electron chi connectivity index (χ2n) is 4.13. The maximum atomic E-state index is 11.6. The van der Waals surface area contributed by atoms with Crippen molar-refractivity contribution in [1.82, 2.24) is 5.32 Å². The van der Waals surface area contributed by atoms with E-state index in [1.54, 1.807) is 6.21 Å². The molecule has 1 aliphatic carbocycles. The lowest BCUT2D eigenvalue weighted by Crippen LogP contribution is -2.43. The Hall–Kier alpha value is -1.23. The third kappa shape index (κ3) is 2.62. The zero-order chi connectivity index (χ0) is 10.7. The molecule has 2 aliphatic rings. The largest absolute Gasteiger partial charge is 0.348 e. The number of rotatable bonds is 2. The van der Waals surface area contributed by atoms with Crippen LogP contribution in [0.2, 0.25) is 0 Å². The molecule has 3 N–H and O–H groups in total. The van der Waals surface area contributed by atoms with Crippen LogP contribution in [0.25, 0.3) is 0 Å². The van der Waals surface area contributed by atoms with Crippen molar-refractivity contribution in [2.45, 2.75) is 44.2 Å². The van der Waals surface area contributed by atoms with Crippen molar-refractivity contribution in [3.63, 3.8) is 0 Å². The Balaban J connectivity index is 1.79. The van der Waals surface area contributed by atoms with E-state index in [9.17, 15) is 4.79 Å². The Morgan fingerprint density at radius 3 is 2.73 bits per heavy atom. The van der Waals surface area contributed by atoms with E-state index in [4.69, 9.17) is 5.73 Å². The summed E-state index contributed by atoms with van der Waals surface area (Å²) in [6.07, 6.45) is 6.13. The molecule has 0 aromatic carbocycles. The lowest BCUT2D eigenvalue weighted by Gasteiger charge is -2.26. The summed E-state index contributed by atoms with van der Waals surface area (Å²) in [6, 6.07) is 0.575. The Bertz CT molecular complexity index is 303. The molecule has 0 aromatic rings. The molecule has 82 valence electrons. The highest BCUT2D eigenvalue weighted by atomic mass is 16.2. The summed E-state index contributed by atoms with van der Waals surface area (Å²) < 4.78 is 0. The number of nitrogens with one attached hydrogen (secondary N) is 1. The highest BCUT2D eigenvalue weighted by molar-refractivity contribution is 6.41. The van der Waals surface area contributed by atoms with Gasteiger partial charge in [-0.1, -0.05) is 0 Å². The number of carbonyl (C=O) groups excluding carboxylic acids is 1. The van der Waals surface area contributed by atoms with Crippen LogP contribution >= 0.6 is 0 Å². The van der Waals surface area contributed by atoms with E-state index in [0.29, 0.717) is 18.2 Å². The van der Waals surface area contributed by atoms with Gasteiger partial charge in [-0.25, -0.2) is 0 Å². The number of hydrogen-bond donors (Lipinski definition) is 2. The van der Waals surface area contributed by atoms with Crippen molar-refractivity contribution in [2.75, 3.05) is 0 Å². The van der Waals surface area contributed by atoms with E-state index in [-0.39, 0.29) is 11.9 Å². The van der Waals surface area contributed by atoms with E-state index in [1.165, 1.54) is 0 Å². The van der Waals surface area contributed by atoms with Crippen molar-refractivity contribution in [2.24, 2.45) is 15.9 Å². The fourth-order valence-corrected chi connectivity index (χ4v) is 1.95. The highest BCUT2D eigenvalue weighted by Gasteiger charge is 2.22. The lowest BCUT2D eigenvalue weighted by atomic mass is 9.92. The summed E-state index contributed by atoms with van der Waals surface area (Å²) in [4.78, 5) is 11.6. The molecule has 0 bridgehead atoms. The molecule has 1 saturated carbocycles. The van der Waals surface area contributed by atoms with Crippen LogP contribution in [-0.2, 0) is 4.79 Å². The standard InChI is InChI=1S/C10H16N4O/c11-7-1-3-8(4-2-7)13-10(15)9-5-6-12-14-9/h6-8H,1-5,11H2,(H,13,15). The molecule has 0 spiro atoms. The molecule has 0 radical (unpaired) electrons. The molecule has 1 fully saturated rings. The van der Waals surface area contributed by atoms with E-state index in [2.05, 4.69) is 15.5 Å². The summed E-state index contributed by atoms with van der Waals surface area (Å²) in [5.74, 6) is -0.0760. The van der Waals surface area contributed by atoms with Gasteiger partial charge in [0, 0.05) is 24.7 Å². The zero-order valence-corrected chi connectivity index (χ0v) is 8.65. The minimum atomic E-state index is -0.0760. The Kier molecular flexibility index (Phi) is 3.11. The van der Waals surface area contributed by atoms with Crippen LogP contribution < -0.4 is 11.1 Å². The third-order valence-electron chi connectivity index (χ3n) is 2.91. The van der Waals surface area contributed by atoms with E-state index < -0.39 is 0 Å². The summed E-state index contributed by atoms with van der Waals surface area (Å²) in [5, 5.41) is 10.4. The van der Waals surface area contributed by atoms with Crippen LogP contribution in [0.4, 0.5) is 0 Å². The molecule has 5 heteroatoms. The van der Waals surface area contributed by atoms with Crippen LogP contribution in [-0.4, -0.2) is 29.9 Å². The summed E-state index contributed by atoms with van der Waals surface area (Å²) in [6.45, 7) is 0. The van der Waals surface area contributed by atoms with Gasteiger partial charge >= 0.3 is 0 Å². The summed E-state index contributed by atoms with van der Waals surface area (Å²) >= 11 is 0. The average molecular weight is 208 g/mol. The Labute approximate surface area is 88.8 Å². The van der Waals surface area contributed by atoms with Crippen molar-refractivity contribution in [3.05, 3.63) is 0 Å². The molecule has 0 unspecified atom stereocenters. The molecule has 0 atom stereocenters. The van der Waals surface area contributed by atoms with Gasteiger partial charge in [-0.3, -0.25) is 4.79 Å².